The fraction of sp³-hybridized carbons (Fsp3) is 0.143. The summed E-state index contributed by atoms with van der Waals surface area (Å²) < 4.78 is 0. The maximum Gasteiger partial charge on any atom is 0.180 e. The molecule has 0 aliphatic heterocycles. The summed E-state index contributed by atoms with van der Waals surface area (Å²) in [5, 5.41) is 0.428. The zero-order valence-corrected chi connectivity index (χ0v) is 6.73. The van der Waals surface area contributed by atoms with Gasteiger partial charge < -0.3 is 5.73 Å². The van der Waals surface area contributed by atoms with E-state index in [9.17, 15) is 4.79 Å². The van der Waals surface area contributed by atoms with Crippen LogP contribution >= 0.6 is 11.3 Å². The molecule has 0 saturated carbocycles. The number of ketones is 1. The Balaban J connectivity index is 2.76. The fourth-order valence-corrected chi connectivity index (χ4v) is 1.28. The molecule has 0 spiro atoms. The predicted molar refractivity (Wildman–Crippen MR) is 45.7 cm³/mol. The third-order valence-corrected chi connectivity index (χ3v) is 2.00. The third-order valence-electron chi connectivity index (χ3n) is 1.13. The molecule has 1 aromatic rings. The van der Waals surface area contributed by atoms with Gasteiger partial charge in [-0.25, -0.2) is 4.98 Å². The van der Waals surface area contributed by atoms with Gasteiger partial charge in [0, 0.05) is 6.42 Å². The molecule has 1 rings (SSSR count). The number of anilines is 1. The normalized spacial score (nSPS) is 9.45. The van der Waals surface area contributed by atoms with Crippen LogP contribution in [-0.2, 0) is 0 Å². The highest BCUT2D eigenvalue weighted by atomic mass is 32.1. The lowest BCUT2D eigenvalue weighted by Gasteiger charge is -1.87. The molecule has 4 heteroatoms. The topological polar surface area (TPSA) is 56.0 Å². The van der Waals surface area contributed by atoms with E-state index in [2.05, 4.69) is 11.6 Å². The number of Topliss-reactive ketones (excluding diaryl/α,β-unsaturated/α-hetero) is 1. The second-order valence-corrected chi connectivity index (χ2v) is 3.04. The quantitative estimate of drug-likeness (QED) is 0.549. The highest BCUT2D eigenvalue weighted by Crippen LogP contribution is 2.15. The Labute approximate surface area is 68.6 Å². The first kappa shape index (κ1) is 7.94. The Kier molecular flexibility index (Phi) is 2.38. The summed E-state index contributed by atoms with van der Waals surface area (Å²) in [4.78, 5) is 15.5. The molecule has 58 valence electrons. The number of carbonyl (C=O) groups is 1. The summed E-state index contributed by atoms with van der Waals surface area (Å²) >= 11 is 1.21. The molecular weight excluding hydrogens is 160 g/mol. The Morgan fingerprint density at radius 1 is 1.91 bits per heavy atom. The number of carbonyl (C=O) groups excluding carboxylic acids is 1. The number of nitrogens with zero attached hydrogens (tertiary/aromatic N) is 1. The van der Waals surface area contributed by atoms with E-state index in [4.69, 9.17) is 5.73 Å². The van der Waals surface area contributed by atoms with E-state index in [0.29, 0.717) is 16.4 Å². The molecule has 0 aliphatic rings. The largest absolute Gasteiger partial charge is 0.375 e. The highest BCUT2D eigenvalue weighted by molar-refractivity contribution is 7.17. The number of thiazole rings is 1. The summed E-state index contributed by atoms with van der Waals surface area (Å²) in [6.07, 6.45) is 3.41. The van der Waals surface area contributed by atoms with Crippen LogP contribution in [0.15, 0.2) is 18.9 Å². The van der Waals surface area contributed by atoms with Crippen molar-refractivity contribution < 1.29 is 4.79 Å². The van der Waals surface area contributed by atoms with Crippen molar-refractivity contribution in [2.45, 2.75) is 6.42 Å². The first-order chi connectivity index (χ1) is 5.24. The van der Waals surface area contributed by atoms with Gasteiger partial charge in [0.05, 0.1) is 11.1 Å². The van der Waals surface area contributed by atoms with Crippen LogP contribution in [0.3, 0.4) is 0 Å². The molecule has 0 aromatic carbocycles. The third kappa shape index (κ3) is 1.88. The highest BCUT2D eigenvalue weighted by Gasteiger charge is 2.06. The van der Waals surface area contributed by atoms with Crippen molar-refractivity contribution in [2.24, 2.45) is 0 Å². The van der Waals surface area contributed by atoms with Crippen molar-refractivity contribution >= 4 is 22.3 Å². The van der Waals surface area contributed by atoms with Crippen molar-refractivity contribution in [2.75, 3.05) is 5.73 Å². The molecular formula is C7H8N2OS. The number of aromatic nitrogens is 1. The molecule has 0 amide bonds. The molecule has 0 unspecified atom stereocenters. The lowest BCUT2D eigenvalue weighted by atomic mass is 10.2. The number of nitrogens with two attached hydrogens (primary N) is 1. The minimum atomic E-state index is 0.0224. The van der Waals surface area contributed by atoms with E-state index < -0.39 is 0 Å². The van der Waals surface area contributed by atoms with Crippen molar-refractivity contribution in [3.63, 3.8) is 0 Å². The number of nitrogen functional groups attached to an aromatic ring is 1. The van der Waals surface area contributed by atoms with E-state index in [-0.39, 0.29) is 5.78 Å². The minimum Gasteiger partial charge on any atom is -0.375 e. The second kappa shape index (κ2) is 3.30. The number of hydrogen-bond acceptors (Lipinski definition) is 4. The average molecular weight is 168 g/mol. The van der Waals surface area contributed by atoms with Crippen LogP contribution in [0.5, 0.6) is 0 Å². The van der Waals surface area contributed by atoms with Gasteiger partial charge in [-0.15, -0.1) is 6.58 Å². The Morgan fingerprint density at radius 3 is 3.09 bits per heavy atom. The van der Waals surface area contributed by atoms with Crippen molar-refractivity contribution in [3.05, 3.63) is 23.7 Å². The van der Waals surface area contributed by atoms with Crippen LogP contribution in [0.2, 0.25) is 0 Å². The molecule has 0 fully saturated rings. The van der Waals surface area contributed by atoms with Crippen LogP contribution in [0.25, 0.3) is 0 Å². The zero-order valence-electron chi connectivity index (χ0n) is 5.91. The van der Waals surface area contributed by atoms with Gasteiger partial charge in [0.2, 0.25) is 0 Å². The maximum absolute atomic E-state index is 11.1. The van der Waals surface area contributed by atoms with Gasteiger partial charge in [0.25, 0.3) is 0 Å². The summed E-state index contributed by atoms with van der Waals surface area (Å²) in [6.45, 7) is 3.47. The first-order valence-corrected chi connectivity index (χ1v) is 3.91. The SMILES string of the molecule is C=CCC(=O)c1cnc(N)s1. The average Bonchev–Trinajstić information content (AvgIpc) is 2.36. The summed E-state index contributed by atoms with van der Waals surface area (Å²) in [6, 6.07) is 0. The molecule has 0 aliphatic carbocycles. The Hall–Kier alpha value is -1.16. The molecule has 0 atom stereocenters. The molecule has 0 bridgehead atoms. The van der Waals surface area contributed by atoms with Gasteiger partial charge in [0.15, 0.2) is 10.9 Å². The molecule has 0 radical (unpaired) electrons. The van der Waals surface area contributed by atoms with E-state index in [1.54, 1.807) is 6.08 Å². The van der Waals surface area contributed by atoms with Gasteiger partial charge in [-0.3, -0.25) is 4.79 Å². The fourth-order valence-electron chi connectivity index (χ4n) is 0.648. The lowest BCUT2D eigenvalue weighted by molar-refractivity contribution is 0.0999. The van der Waals surface area contributed by atoms with Gasteiger partial charge in [-0.05, 0) is 0 Å². The van der Waals surface area contributed by atoms with Gasteiger partial charge in [0.1, 0.15) is 0 Å². The summed E-state index contributed by atoms with van der Waals surface area (Å²) in [5.74, 6) is 0.0224. The summed E-state index contributed by atoms with van der Waals surface area (Å²) in [7, 11) is 0. The maximum atomic E-state index is 11.1. The molecule has 0 saturated heterocycles. The van der Waals surface area contributed by atoms with Crippen LogP contribution < -0.4 is 5.73 Å². The smallest absolute Gasteiger partial charge is 0.180 e. The predicted octanol–water partition coefficient (Wildman–Crippen LogP) is 1.48. The molecule has 11 heavy (non-hydrogen) atoms. The van der Waals surface area contributed by atoms with Crippen LogP contribution in [0, 0.1) is 0 Å². The van der Waals surface area contributed by atoms with E-state index in [1.807, 2.05) is 0 Å². The molecule has 1 aromatic heterocycles. The lowest BCUT2D eigenvalue weighted by Crippen LogP contribution is -1.91. The number of allylic oxidation sites excluding steroid dienone is 1. The standard InChI is InChI=1S/C7H8N2OS/c1-2-3-5(10)6-4-9-7(8)11-6/h2,4H,1,3H2,(H2,8,9). The van der Waals surface area contributed by atoms with Gasteiger partial charge in [-0.2, -0.15) is 0 Å². The zero-order chi connectivity index (χ0) is 8.27. The number of hydrogen-bond donors (Lipinski definition) is 1. The van der Waals surface area contributed by atoms with Crippen molar-refractivity contribution in [1.29, 1.82) is 0 Å². The van der Waals surface area contributed by atoms with E-state index in [0.717, 1.165) is 0 Å². The monoisotopic (exact) mass is 168 g/mol. The Morgan fingerprint density at radius 2 is 2.64 bits per heavy atom. The van der Waals surface area contributed by atoms with Crippen LogP contribution in [-0.4, -0.2) is 10.8 Å². The van der Waals surface area contributed by atoms with Gasteiger partial charge in [-0.1, -0.05) is 17.4 Å². The van der Waals surface area contributed by atoms with Crippen LogP contribution in [0.1, 0.15) is 16.1 Å². The molecule has 2 N–H and O–H groups in total. The van der Waals surface area contributed by atoms with Crippen molar-refractivity contribution in [1.82, 2.24) is 4.98 Å². The van der Waals surface area contributed by atoms with Crippen LogP contribution in [0.4, 0.5) is 5.13 Å². The van der Waals surface area contributed by atoms with Gasteiger partial charge >= 0.3 is 0 Å². The molecule has 3 nitrogen and oxygen atoms in total. The van der Waals surface area contributed by atoms with Crippen molar-refractivity contribution in [3.8, 4) is 0 Å². The molecule has 1 heterocycles. The minimum absolute atomic E-state index is 0.0224. The summed E-state index contributed by atoms with van der Waals surface area (Å²) in [5.41, 5.74) is 5.34. The van der Waals surface area contributed by atoms with E-state index >= 15 is 0 Å². The Bertz CT molecular complexity index is 280. The van der Waals surface area contributed by atoms with E-state index in [1.165, 1.54) is 17.5 Å². The first-order valence-electron chi connectivity index (χ1n) is 3.09. The second-order valence-electron chi connectivity index (χ2n) is 1.98. The number of rotatable bonds is 3.